The molecule has 0 aromatic carbocycles. The first-order valence-electron chi connectivity index (χ1n) is 5.85. The van der Waals surface area contributed by atoms with Gasteiger partial charge in [-0.05, 0) is 31.0 Å². The van der Waals surface area contributed by atoms with Crippen LogP contribution >= 0.6 is 0 Å². The van der Waals surface area contributed by atoms with Gasteiger partial charge >= 0.3 is 5.97 Å². The zero-order valence-corrected chi connectivity index (χ0v) is 10.4. The predicted octanol–water partition coefficient (Wildman–Crippen LogP) is 1.56. The van der Waals surface area contributed by atoms with Crippen LogP contribution in [0.25, 0.3) is 5.65 Å². The monoisotopic (exact) mass is 248 g/mol. The van der Waals surface area contributed by atoms with Gasteiger partial charge in [0.2, 0.25) is 0 Å². The van der Waals surface area contributed by atoms with Crippen LogP contribution in [0.15, 0.2) is 18.5 Å². The molecule has 6 nitrogen and oxygen atoms in total. The molecule has 96 valence electrons. The quantitative estimate of drug-likeness (QED) is 0.839. The molecule has 2 N–H and O–H groups in total. The smallest absolute Gasteiger partial charge is 0.306 e. The molecule has 0 spiro atoms. The number of carboxylic acid groups (broad SMARTS) is 1. The summed E-state index contributed by atoms with van der Waals surface area (Å²) in [6, 6.07) is 3.91. The van der Waals surface area contributed by atoms with E-state index >= 15 is 0 Å². The number of carbonyl (C=O) groups is 1. The fraction of sp³-hybridized carbons (Fsp3) is 0.417. The van der Waals surface area contributed by atoms with Crippen LogP contribution in [-0.4, -0.2) is 32.2 Å². The molecule has 0 saturated carbocycles. The number of hydrogen-bond donors (Lipinski definition) is 2. The molecule has 0 saturated heterocycles. The maximum absolute atomic E-state index is 10.7. The van der Waals surface area contributed by atoms with Crippen LogP contribution in [0.1, 0.15) is 18.9 Å². The number of aromatic nitrogens is 3. The average molecular weight is 248 g/mol. The molecule has 2 heterocycles. The minimum Gasteiger partial charge on any atom is -0.481 e. The fourth-order valence-electron chi connectivity index (χ4n) is 1.72. The third-order valence-corrected chi connectivity index (χ3v) is 2.83. The van der Waals surface area contributed by atoms with Crippen LogP contribution in [0.3, 0.4) is 0 Å². The first-order chi connectivity index (χ1) is 8.58. The minimum absolute atomic E-state index is 0.353. The third kappa shape index (κ3) is 2.58. The van der Waals surface area contributed by atoms with E-state index in [1.807, 2.05) is 19.1 Å². The van der Waals surface area contributed by atoms with Gasteiger partial charge in [0.05, 0.1) is 5.92 Å². The van der Waals surface area contributed by atoms with E-state index in [0.29, 0.717) is 13.0 Å². The number of nitrogens with one attached hydrogen (secondary N) is 1. The van der Waals surface area contributed by atoms with Crippen LogP contribution < -0.4 is 5.32 Å². The van der Waals surface area contributed by atoms with Crippen molar-refractivity contribution in [3.05, 3.63) is 24.0 Å². The van der Waals surface area contributed by atoms with E-state index < -0.39 is 5.97 Å². The highest BCUT2D eigenvalue weighted by molar-refractivity contribution is 5.69. The van der Waals surface area contributed by atoms with Crippen molar-refractivity contribution in [1.29, 1.82) is 0 Å². The zero-order chi connectivity index (χ0) is 13.1. The molecule has 0 aliphatic carbocycles. The van der Waals surface area contributed by atoms with Crippen molar-refractivity contribution < 1.29 is 9.90 Å². The Morgan fingerprint density at radius 2 is 2.33 bits per heavy atom. The highest BCUT2D eigenvalue weighted by atomic mass is 16.4. The summed E-state index contributed by atoms with van der Waals surface area (Å²) in [4.78, 5) is 14.8. The van der Waals surface area contributed by atoms with Gasteiger partial charge in [-0.15, -0.1) is 0 Å². The second-order valence-corrected chi connectivity index (χ2v) is 4.40. The SMILES string of the molecule is Cc1cc(NCCC(C)C(=O)O)n2ncnc2c1. The maximum Gasteiger partial charge on any atom is 0.306 e. The Balaban J connectivity index is 2.07. The summed E-state index contributed by atoms with van der Waals surface area (Å²) in [7, 11) is 0. The lowest BCUT2D eigenvalue weighted by Gasteiger charge is -2.10. The fourth-order valence-corrected chi connectivity index (χ4v) is 1.72. The van der Waals surface area contributed by atoms with E-state index in [1.165, 1.54) is 6.33 Å². The number of aryl methyl sites for hydroxylation is 1. The average Bonchev–Trinajstić information content (AvgIpc) is 2.76. The molecular weight excluding hydrogens is 232 g/mol. The molecule has 0 aliphatic heterocycles. The number of rotatable bonds is 5. The normalized spacial score (nSPS) is 12.6. The number of hydrogen-bond acceptors (Lipinski definition) is 4. The molecular formula is C12H16N4O2. The van der Waals surface area contributed by atoms with Crippen molar-refractivity contribution in [2.45, 2.75) is 20.3 Å². The van der Waals surface area contributed by atoms with Crippen LogP contribution in [-0.2, 0) is 4.79 Å². The van der Waals surface area contributed by atoms with E-state index in [4.69, 9.17) is 5.11 Å². The predicted molar refractivity (Wildman–Crippen MR) is 67.6 cm³/mol. The first-order valence-corrected chi connectivity index (χ1v) is 5.85. The lowest BCUT2D eigenvalue weighted by molar-refractivity contribution is -0.141. The molecule has 0 radical (unpaired) electrons. The summed E-state index contributed by atoms with van der Waals surface area (Å²) < 4.78 is 1.71. The summed E-state index contributed by atoms with van der Waals surface area (Å²) in [6.07, 6.45) is 2.07. The third-order valence-electron chi connectivity index (χ3n) is 2.83. The summed E-state index contributed by atoms with van der Waals surface area (Å²) in [5.74, 6) is -0.291. The van der Waals surface area contributed by atoms with Crippen LogP contribution in [0.5, 0.6) is 0 Å². The van der Waals surface area contributed by atoms with E-state index in [0.717, 1.165) is 17.0 Å². The molecule has 6 heteroatoms. The molecule has 1 unspecified atom stereocenters. The molecule has 2 aromatic rings. The van der Waals surface area contributed by atoms with Gasteiger partial charge in [0.1, 0.15) is 12.1 Å². The number of aliphatic carboxylic acids is 1. The maximum atomic E-state index is 10.7. The molecule has 0 amide bonds. The van der Waals surface area contributed by atoms with E-state index in [-0.39, 0.29) is 5.92 Å². The molecule has 0 fully saturated rings. The van der Waals surface area contributed by atoms with Gasteiger partial charge in [-0.2, -0.15) is 9.61 Å². The van der Waals surface area contributed by atoms with E-state index in [1.54, 1.807) is 11.4 Å². The Morgan fingerprint density at radius 3 is 3.06 bits per heavy atom. The second-order valence-electron chi connectivity index (χ2n) is 4.40. The molecule has 1 atom stereocenters. The van der Waals surface area contributed by atoms with E-state index in [2.05, 4.69) is 15.4 Å². The highest BCUT2D eigenvalue weighted by Crippen LogP contribution is 2.13. The molecule has 2 aromatic heterocycles. The number of pyridine rings is 1. The molecule has 18 heavy (non-hydrogen) atoms. The Labute approximate surface area is 105 Å². The van der Waals surface area contributed by atoms with Crippen molar-refractivity contribution in [3.8, 4) is 0 Å². The molecule has 0 bridgehead atoms. The lowest BCUT2D eigenvalue weighted by Crippen LogP contribution is -2.15. The van der Waals surface area contributed by atoms with Crippen LogP contribution in [0, 0.1) is 12.8 Å². The second kappa shape index (κ2) is 5.03. The number of fused-ring (bicyclic) bond motifs is 1. The Bertz CT molecular complexity index is 564. The van der Waals surface area contributed by atoms with Gasteiger partial charge in [-0.25, -0.2) is 4.98 Å². The first kappa shape index (κ1) is 12.3. The number of nitrogens with zero attached hydrogens (tertiary/aromatic N) is 3. The van der Waals surface area contributed by atoms with Crippen LogP contribution in [0.2, 0.25) is 0 Å². The number of carboxylic acids is 1. The van der Waals surface area contributed by atoms with E-state index in [9.17, 15) is 4.79 Å². The summed E-state index contributed by atoms with van der Waals surface area (Å²) >= 11 is 0. The lowest BCUT2D eigenvalue weighted by atomic mass is 10.1. The van der Waals surface area contributed by atoms with Gasteiger partial charge < -0.3 is 10.4 Å². The summed E-state index contributed by atoms with van der Waals surface area (Å²) in [5.41, 5.74) is 1.87. The molecule has 0 aliphatic rings. The Hall–Kier alpha value is -2.11. The minimum atomic E-state index is -0.771. The van der Waals surface area contributed by atoms with Crippen molar-refractivity contribution >= 4 is 17.4 Å². The highest BCUT2D eigenvalue weighted by Gasteiger charge is 2.10. The number of anilines is 1. The largest absolute Gasteiger partial charge is 0.481 e. The van der Waals surface area contributed by atoms with Crippen molar-refractivity contribution in [2.75, 3.05) is 11.9 Å². The van der Waals surface area contributed by atoms with Crippen molar-refractivity contribution in [2.24, 2.45) is 5.92 Å². The van der Waals surface area contributed by atoms with Gasteiger partial charge in [0.15, 0.2) is 5.65 Å². The van der Waals surface area contributed by atoms with Crippen LogP contribution in [0.4, 0.5) is 5.82 Å². The summed E-state index contributed by atoms with van der Waals surface area (Å²) in [5, 5.41) is 16.1. The van der Waals surface area contributed by atoms with Crippen molar-refractivity contribution in [3.63, 3.8) is 0 Å². The van der Waals surface area contributed by atoms with Gasteiger partial charge in [-0.3, -0.25) is 4.79 Å². The Kier molecular flexibility index (Phi) is 3.45. The Morgan fingerprint density at radius 1 is 1.56 bits per heavy atom. The van der Waals surface area contributed by atoms with Gasteiger partial charge in [0.25, 0.3) is 0 Å². The standard InChI is InChI=1S/C12H16N4O2/c1-8-5-10(13-4-3-9(2)12(17)18)16-11(6-8)14-7-15-16/h5-7,9,13H,3-4H2,1-2H3,(H,17,18). The zero-order valence-electron chi connectivity index (χ0n) is 10.4. The van der Waals surface area contributed by atoms with Gasteiger partial charge in [-0.1, -0.05) is 6.92 Å². The van der Waals surface area contributed by atoms with Gasteiger partial charge in [0, 0.05) is 6.54 Å². The molecule has 2 rings (SSSR count). The topological polar surface area (TPSA) is 79.5 Å². The van der Waals surface area contributed by atoms with Crippen molar-refractivity contribution in [1.82, 2.24) is 14.6 Å². The summed E-state index contributed by atoms with van der Waals surface area (Å²) in [6.45, 7) is 4.27.